The summed E-state index contributed by atoms with van der Waals surface area (Å²) in [5, 5.41) is 11.6. The van der Waals surface area contributed by atoms with E-state index in [1.807, 2.05) is 0 Å². The molecule has 9 heteroatoms. The van der Waals surface area contributed by atoms with Gasteiger partial charge >= 0.3 is 0 Å². The van der Waals surface area contributed by atoms with E-state index in [9.17, 15) is 9.59 Å². The van der Waals surface area contributed by atoms with Crippen molar-refractivity contribution in [1.29, 1.82) is 0 Å². The number of rotatable bonds is 12. The number of amides is 1. The number of anilines is 1. The van der Waals surface area contributed by atoms with Crippen LogP contribution in [-0.2, 0) is 11.4 Å². The van der Waals surface area contributed by atoms with Crippen molar-refractivity contribution >= 4 is 40.7 Å². The Balaban J connectivity index is 1.43. The van der Waals surface area contributed by atoms with Crippen molar-refractivity contribution in [2.45, 2.75) is 44.4 Å². The molecule has 3 aromatic rings. The number of aromatic nitrogens is 2. The molecule has 0 atom stereocenters. The fourth-order valence-electron chi connectivity index (χ4n) is 2.74. The summed E-state index contributed by atoms with van der Waals surface area (Å²) in [4.78, 5) is 24.3. The predicted molar refractivity (Wildman–Crippen MR) is 124 cm³/mol. The van der Waals surface area contributed by atoms with E-state index in [-0.39, 0.29) is 24.1 Å². The van der Waals surface area contributed by atoms with Gasteiger partial charge in [-0.3, -0.25) is 9.59 Å². The smallest absolute Gasteiger partial charge is 0.277 e. The van der Waals surface area contributed by atoms with Crippen LogP contribution in [0, 0.1) is 0 Å². The van der Waals surface area contributed by atoms with E-state index in [0.29, 0.717) is 39.6 Å². The molecule has 1 amide bonds. The Morgan fingerprint density at radius 2 is 1.81 bits per heavy atom. The maximum atomic E-state index is 12.4. The summed E-state index contributed by atoms with van der Waals surface area (Å²) in [5.41, 5.74) is 1.23. The molecule has 0 aliphatic rings. The van der Waals surface area contributed by atoms with Crippen LogP contribution in [-0.4, -0.2) is 27.6 Å². The maximum Gasteiger partial charge on any atom is 0.277 e. The second kappa shape index (κ2) is 12.3. The van der Waals surface area contributed by atoms with Gasteiger partial charge in [0.05, 0.1) is 5.75 Å². The van der Waals surface area contributed by atoms with Gasteiger partial charge in [-0.2, -0.15) is 0 Å². The highest BCUT2D eigenvalue weighted by Gasteiger charge is 2.12. The number of thioether (sulfide) groups is 1. The number of nitrogens with one attached hydrogen (secondary N) is 1. The number of unbranched alkanes of at least 4 members (excludes halogenated alkanes) is 2. The number of hydrogen-bond acceptors (Lipinski definition) is 7. The molecule has 0 unspecified atom stereocenters. The number of halogens is 1. The summed E-state index contributed by atoms with van der Waals surface area (Å²) in [6, 6.07) is 13.8. The van der Waals surface area contributed by atoms with Gasteiger partial charge in [0, 0.05) is 22.7 Å². The molecule has 0 aliphatic heterocycles. The molecule has 168 valence electrons. The van der Waals surface area contributed by atoms with Crippen molar-refractivity contribution in [3.8, 4) is 5.75 Å². The standard InChI is InChI=1S/C23H24ClN3O4S/c1-2-3-4-5-21(29)25-18-10-6-16(7-11-18)20(28)15-32-23-27-26-22(31-23)14-30-19-12-8-17(24)9-13-19/h6-13H,2-5,14-15H2,1H3,(H,25,29). The minimum Gasteiger partial charge on any atom is -0.484 e. The highest BCUT2D eigenvalue weighted by molar-refractivity contribution is 7.99. The number of hydrogen-bond donors (Lipinski definition) is 1. The van der Waals surface area contributed by atoms with Crippen LogP contribution in [0.25, 0.3) is 0 Å². The third-order valence-corrected chi connectivity index (χ3v) is 5.52. The van der Waals surface area contributed by atoms with Crippen LogP contribution in [0.5, 0.6) is 5.75 Å². The van der Waals surface area contributed by atoms with Crippen LogP contribution < -0.4 is 10.1 Å². The summed E-state index contributed by atoms with van der Waals surface area (Å²) >= 11 is 7.00. The normalized spacial score (nSPS) is 10.7. The van der Waals surface area contributed by atoms with Gasteiger partial charge in [-0.05, 0) is 55.0 Å². The Morgan fingerprint density at radius 1 is 1.06 bits per heavy atom. The van der Waals surface area contributed by atoms with Crippen molar-refractivity contribution in [1.82, 2.24) is 10.2 Å². The van der Waals surface area contributed by atoms with Gasteiger partial charge in [-0.25, -0.2) is 0 Å². The number of benzene rings is 2. The molecular weight excluding hydrogens is 450 g/mol. The van der Waals surface area contributed by atoms with Crippen LogP contribution in [0.15, 0.2) is 58.2 Å². The Morgan fingerprint density at radius 3 is 2.53 bits per heavy atom. The molecule has 0 aliphatic carbocycles. The third kappa shape index (κ3) is 7.69. The van der Waals surface area contributed by atoms with Crippen molar-refractivity contribution in [3.05, 3.63) is 65.0 Å². The number of carbonyl (C=O) groups is 2. The van der Waals surface area contributed by atoms with Crippen LogP contribution in [0.2, 0.25) is 5.02 Å². The zero-order chi connectivity index (χ0) is 22.8. The highest BCUT2D eigenvalue weighted by atomic mass is 35.5. The number of carbonyl (C=O) groups excluding carboxylic acids is 2. The number of nitrogens with zero attached hydrogens (tertiary/aromatic N) is 2. The minimum atomic E-state index is -0.0759. The Labute approximate surface area is 195 Å². The lowest BCUT2D eigenvalue weighted by atomic mass is 10.1. The minimum absolute atomic E-state index is 0.0136. The van der Waals surface area contributed by atoms with Crippen molar-refractivity contribution in [2.75, 3.05) is 11.1 Å². The van der Waals surface area contributed by atoms with Crippen LogP contribution in [0.4, 0.5) is 5.69 Å². The fraction of sp³-hybridized carbons (Fsp3) is 0.304. The van der Waals surface area contributed by atoms with Gasteiger partial charge in [0.25, 0.3) is 11.1 Å². The van der Waals surface area contributed by atoms with Gasteiger partial charge in [-0.15, -0.1) is 10.2 Å². The average Bonchev–Trinajstić information content (AvgIpc) is 3.26. The Kier molecular flexibility index (Phi) is 9.13. The van der Waals surface area contributed by atoms with E-state index in [4.69, 9.17) is 20.8 Å². The number of Topliss-reactive ketones (excluding diaryl/α,β-unsaturated/α-hetero) is 1. The SMILES string of the molecule is CCCCCC(=O)Nc1ccc(C(=O)CSc2nnc(COc3ccc(Cl)cc3)o2)cc1. The summed E-state index contributed by atoms with van der Waals surface area (Å²) in [5.74, 6) is 1.02. The molecule has 2 aromatic carbocycles. The molecule has 3 rings (SSSR count). The van der Waals surface area contributed by atoms with E-state index in [1.54, 1.807) is 48.5 Å². The Bertz CT molecular complexity index is 1020. The highest BCUT2D eigenvalue weighted by Crippen LogP contribution is 2.21. The molecule has 0 fully saturated rings. The molecule has 0 bridgehead atoms. The molecule has 0 saturated heterocycles. The lowest BCUT2D eigenvalue weighted by Crippen LogP contribution is -2.11. The average molecular weight is 474 g/mol. The van der Waals surface area contributed by atoms with Crippen molar-refractivity contribution in [3.63, 3.8) is 0 Å². The van der Waals surface area contributed by atoms with E-state index in [0.717, 1.165) is 31.0 Å². The molecule has 32 heavy (non-hydrogen) atoms. The van der Waals surface area contributed by atoms with Gasteiger partial charge in [0.15, 0.2) is 12.4 Å². The lowest BCUT2D eigenvalue weighted by molar-refractivity contribution is -0.116. The molecular formula is C23H24ClN3O4S. The zero-order valence-corrected chi connectivity index (χ0v) is 19.2. The predicted octanol–water partition coefficient (Wildman–Crippen LogP) is 5.80. The summed E-state index contributed by atoms with van der Waals surface area (Å²) in [6.07, 6.45) is 3.49. The van der Waals surface area contributed by atoms with Crippen LogP contribution >= 0.6 is 23.4 Å². The van der Waals surface area contributed by atoms with Gasteiger partial charge < -0.3 is 14.5 Å². The van der Waals surface area contributed by atoms with Gasteiger partial charge in [-0.1, -0.05) is 43.1 Å². The molecule has 7 nitrogen and oxygen atoms in total. The number of ketones is 1. The van der Waals surface area contributed by atoms with Crippen molar-refractivity contribution < 1.29 is 18.7 Å². The van der Waals surface area contributed by atoms with E-state index >= 15 is 0 Å². The summed E-state index contributed by atoms with van der Waals surface area (Å²) < 4.78 is 11.1. The summed E-state index contributed by atoms with van der Waals surface area (Å²) in [7, 11) is 0. The number of ether oxygens (including phenoxy) is 1. The maximum absolute atomic E-state index is 12.4. The molecule has 0 radical (unpaired) electrons. The molecule has 0 saturated carbocycles. The first-order valence-electron chi connectivity index (χ1n) is 10.3. The monoisotopic (exact) mass is 473 g/mol. The molecule has 0 spiro atoms. The topological polar surface area (TPSA) is 94.3 Å². The Hall–Kier alpha value is -2.84. The van der Waals surface area contributed by atoms with Crippen LogP contribution in [0.3, 0.4) is 0 Å². The molecule has 1 heterocycles. The lowest BCUT2D eigenvalue weighted by Gasteiger charge is -2.06. The fourth-order valence-corrected chi connectivity index (χ4v) is 3.54. The largest absolute Gasteiger partial charge is 0.484 e. The zero-order valence-electron chi connectivity index (χ0n) is 17.7. The van der Waals surface area contributed by atoms with Gasteiger partial charge in [0.2, 0.25) is 5.91 Å². The molecule has 1 N–H and O–H groups in total. The third-order valence-electron chi connectivity index (χ3n) is 4.45. The van der Waals surface area contributed by atoms with E-state index in [1.165, 1.54) is 0 Å². The first kappa shape index (κ1) is 23.8. The molecule has 1 aromatic heterocycles. The summed E-state index contributed by atoms with van der Waals surface area (Å²) in [6.45, 7) is 2.22. The van der Waals surface area contributed by atoms with Crippen molar-refractivity contribution in [2.24, 2.45) is 0 Å². The second-order valence-corrected chi connectivity index (χ2v) is 8.36. The van der Waals surface area contributed by atoms with Crippen LogP contribution in [0.1, 0.15) is 48.9 Å². The quantitative estimate of drug-likeness (QED) is 0.202. The first-order chi connectivity index (χ1) is 15.5. The van der Waals surface area contributed by atoms with Gasteiger partial charge in [0.1, 0.15) is 5.75 Å². The second-order valence-electron chi connectivity index (χ2n) is 7.00. The van der Waals surface area contributed by atoms with E-state index < -0.39 is 0 Å². The van der Waals surface area contributed by atoms with E-state index in [2.05, 4.69) is 22.4 Å². The first-order valence-corrected chi connectivity index (χ1v) is 11.7.